The largest absolute Gasteiger partial charge is 0.456 e. The van der Waals surface area contributed by atoms with E-state index in [4.69, 9.17) is 19.4 Å². The average Bonchev–Trinajstić information content (AvgIpc) is 3.58. The third-order valence-corrected chi connectivity index (χ3v) is 8.98. The fourth-order valence-corrected chi connectivity index (χ4v) is 6.57. The van der Waals surface area contributed by atoms with Gasteiger partial charge in [-0.1, -0.05) is 158 Å². The highest BCUT2D eigenvalue weighted by Gasteiger charge is 2.19. The zero-order valence-electron chi connectivity index (χ0n) is 26.5. The number of hydrogen-bond acceptors (Lipinski definition) is 4. The monoisotopic (exact) mass is 627 g/mol. The van der Waals surface area contributed by atoms with Gasteiger partial charge in [0.05, 0.1) is 0 Å². The van der Waals surface area contributed by atoms with Crippen LogP contribution in [0.25, 0.3) is 89.5 Å². The van der Waals surface area contributed by atoms with Crippen LogP contribution >= 0.6 is 0 Å². The fourth-order valence-electron chi connectivity index (χ4n) is 6.57. The third-order valence-electron chi connectivity index (χ3n) is 8.98. The number of nitrogens with zero attached hydrogens (tertiary/aromatic N) is 3. The van der Waals surface area contributed by atoms with Crippen molar-refractivity contribution in [3.8, 4) is 67.5 Å². The van der Waals surface area contributed by atoms with Gasteiger partial charge in [0.15, 0.2) is 17.5 Å². The van der Waals surface area contributed by atoms with E-state index in [-0.39, 0.29) is 0 Å². The molecule has 0 saturated carbocycles. The van der Waals surface area contributed by atoms with E-state index in [1.807, 2.05) is 48.5 Å². The van der Waals surface area contributed by atoms with Crippen molar-refractivity contribution in [3.05, 3.63) is 176 Å². The SMILES string of the molecule is c1ccc(-c2ccc(-c3nc(-c4ccc(-c5ccccc5)c(-c5ccccc5)c4)nc(-c4cccc5oc6ccccc6c45)n3)cc2)cc1. The lowest BCUT2D eigenvalue weighted by molar-refractivity contribution is 0.669. The first kappa shape index (κ1) is 28.6. The van der Waals surface area contributed by atoms with E-state index in [0.717, 1.165) is 72.0 Å². The Bertz CT molecular complexity index is 2580. The topological polar surface area (TPSA) is 51.8 Å². The third kappa shape index (κ3) is 5.35. The van der Waals surface area contributed by atoms with Crippen molar-refractivity contribution in [1.82, 2.24) is 15.0 Å². The maximum absolute atomic E-state index is 6.25. The van der Waals surface area contributed by atoms with Crippen LogP contribution in [0.2, 0.25) is 0 Å². The van der Waals surface area contributed by atoms with Gasteiger partial charge in [-0.05, 0) is 51.6 Å². The zero-order chi connectivity index (χ0) is 32.6. The first-order valence-electron chi connectivity index (χ1n) is 16.4. The molecule has 0 saturated heterocycles. The van der Waals surface area contributed by atoms with Crippen LogP contribution in [-0.2, 0) is 0 Å². The molecule has 230 valence electrons. The van der Waals surface area contributed by atoms with E-state index in [9.17, 15) is 0 Å². The minimum atomic E-state index is 0.595. The molecule has 7 aromatic carbocycles. The molecule has 2 aromatic heterocycles. The molecule has 0 aliphatic carbocycles. The molecule has 0 atom stereocenters. The van der Waals surface area contributed by atoms with Crippen molar-refractivity contribution in [2.24, 2.45) is 0 Å². The molecular formula is C45H29N3O. The summed E-state index contributed by atoms with van der Waals surface area (Å²) in [6.45, 7) is 0. The summed E-state index contributed by atoms with van der Waals surface area (Å²) in [4.78, 5) is 15.4. The minimum Gasteiger partial charge on any atom is -0.456 e. The van der Waals surface area contributed by atoms with Gasteiger partial charge in [-0.2, -0.15) is 0 Å². The molecule has 49 heavy (non-hydrogen) atoms. The summed E-state index contributed by atoms with van der Waals surface area (Å²) in [7, 11) is 0. The number of para-hydroxylation sites is 1. The molecule has 4 heteroatoms. The fraction of sp³-hybridized carbons (Fsp3) is 0. The number of rotatable bonds is 6. The van der Waals surface area contributed by atoms with Crippen LogP contribution in [0.4, 0.5) is 0 Å². The van der Waals surface area contributed by atoms with Gasteiger partial charge in [0.25, 0.3) is 0 Å². The molecule has 4 nitrogen and oxygen atoms in total. The molecule has 0 fully saturated rings. The number of benzene rings is 7. The van der Waals surface area contributed by atoms with Crippen LogP contribution in [0.15, 0.2) is 180 Å². The van der Waals surface area contributed by atoms with Gasteiger partial charge in [-0.3, -0.25) is 0 Å². The van der Waals surface area contributed by atoms with Crippen LogP contribution < -0.4 is 0 Å². The number of furan rings is 1. The Morgan fingerprint density at radius 1 is 0.306 bits per heavy atom. The minimum absolute atomic E-state index is 0.595. The molecule has 9 rings (SSSR count). The van der Waals surface area contributed by atoms with Gasteiger partial charge in [0.2, 0.25) is 0 Å². The normalized spacial score (nSPS) is 11.3. The summed E-state index contributed by atoms with van der Waals surface area (Å²) < 4.78 is 6.25. The van der Waals surface area contributed by atoms with Crippen LogP contribution in [-0.4, -0.2) is 15.0 Å². The maximum atomic E-state index is 6.25. The van der Waals surface area contributed by atoms with Crippen molar-refractivity contribution in [2.75, 3.05) is 0 Å². The van der Waals surface area contributed by atoms with Crippen LogP contribution in [0, 0.1) is 0 Å². The second kappa shape index (κ2) is 12.2. The average molecular weight is 628 g/mol. The molecular weight excluding hydrogens is 599 g/mol. The summed E-state index contributed by atoms with van der Waals surface area (Å²) >= 11 is 0. The highest BCUT2D eigenvalue weighted by Crippen LogP contribution is 2.38. The van der Waals surface area contributed by atoms with Crippen molar-refractivity contribution < 1.29 is 4.42 Å². The first-order valence-corrected chi connectivity index (χ1v) is 16.4. The molecule has 2 heterocycles. The van der Waals surface area contributed by atoms with Crippen molar-refractivity contribution in [1.29, 1.82) is 0 Å². The van der Waals surface area contributed by atoms with Gasteiger partial charge < -0.3 is 4.42 Å². The highest BCUT2D eigenvalue weighted by atomic mass is 16.3. The highest BCUT2D eigenvalue weighted by molar-refractivity contribution is 6.11. The van der Waals surface area contributed by atoms with E-state index < -0.39 is 0 Å². The molecule has 0 bridgehead atoms. The Morgan fingerprint density at radius 3 is 1.53 bits per heavy atom. The van der Waals surface area contributed by atoms with Crippen molar-refractivity contribution in [3.63, 3.8) is 0 Å². The van der Waals surface area contributed by atoms with E-state index >= 15 is 0 Å². The smallest absolute Gasteiger partial charge is 0.164 e. The predicted molar refractivity (Wildman–Crippen MR) is 200 cm³/mol. The summed E-state index contributed by atoms with van der Waals surface area (Å²) in [5.74, 6) is 1.81. The molecule has 9 aromatic rings. The maximum Gasteiger partial charge on any atom is 0.164 e. The molecule has 0 spiro atoms. The Hall–Kier alpha value is -6.65. The number of hydrogen-bond donors (Lipinski definition) is 0. The zero-order valence-corrected chi connectivity index (χ0v) is 26.5. The molecule has 0 N–H and O–H groups in total. The molecule has 0 aliphatic heterocycles. The summed E-state index contributed by atoms with van der Waals surface area (Å²) in [5.41, 5.74) is 11.2. The van der Waals surface area contributed by atoms with E-state index in [0.29, 0.717) is 17.5 Å². The van der Waals surface area contributed by atoms with E-state index in [2.05, 4.69) is 127 Å². The molecule has 0 radical (unpaired) electrons. The van der Waals surface area contributed by atoms with E-state index in [1.165, 1.54) is 0 Å². The van der Waals surface area contributed by atoms with E-state index in [1.54, 1.807) is 0 Å². The van der Waals surface area contributed by atoms with Gasteiger partial charge in [-0.25, -0.2) is 15.0 Å². The van der Waals surface area contributed by atoms with Crippen LogP contribution in [0.3, 0.4) is 0 Å². The summed E-state index contributed by atoms with van der Waals surface area (Å²) in [5, 5.41) is 2.02. The van der Waals surface area contributed by atoms with Crippen LogP contribution in [0.5, 0.6) is 0 Å². The van der Waals surface area contributed by atoms with Gasteiger partial charge in [-0.15, -0.1) is 0 Å². The lowest BCUT2D eigenvalue weighted by Gasteiger charge is -2.14. The number of fused-ring (bicyclic) bond motifs is 3. The molecule has 0 unspecified atom stereocenters. The quantitative estimate of drug-likeness (QED) is 0.184. The van der Waals surface area contributed by atoms with Gasteiger partial charge in [0, 0.05) is 27.5 Å². The van der Waals surface area contributed by atoms with Crippen molar-refractivity contribution >= 4 is 21.9 Å². The van der Waals surface area contributed by atoms with Crippen LogP contribution in [0.1, 0.15) is 0 Å². The Kier molecular flexibility index (Phi) is 7.10. The summed E-state index contributed by atoms with van der Waals surface area (Å²) in [6, 6.07) is 60.5. The predicted octanol–water partition coefficient (Wildman–Crippen LogP) is 11.8. The second-order valence-corrected chi connectivity index (χ2v) is 12.0. The Balaban J connectivity index is 1.25. The lowest BCUT2D eigenvalue weighted by Crippen LogP contribution is -2.01. The number of aromatic nitrogens is 3. The lowest BCUT2D eigenvalue weighted by atomic mass is 9.92. The second-order valence-electron chi connectivity index (χ2n) is 12.0. The first-order chi connectivity index (χ1) is 24.3. The van der Waals surface area contributed by atoms with Gasteiger partial charge in [0.1, 0.15) is 11.2 Å². The standard InChI is InChI=1S/C45H29N3O/c1-4-13-30(14-5-1)31-23-25-34(26-24-31)43-46-44(48-45(47-43)38-20-12-22-41-42(38)37-19-10-11-21-40(37)49-41)35-27-28-36(32-15-6-2-7-16-32)39(29-35)33-17-8-3-9-18-33/h1-29H. The molecule has 0 aliphatic rings. The summed E-state index contributed by atoms with van der Waals surface area (Å²) in [6.07, 6.45) is 0. The van der Waals surface area contributed by atoms with Crippen molar-refractivity contribution in [2.45, 2.75) is 0 Å². The Morgan fingerprint density at radius 2 is 0.816 bits per heavy atom. The van der Waals surface area contributed by atoms with Gasteiger partial charge >= 0.3 is 0 Å². The molecule has 0 amide bonds. The Labute approximate surface area is 284 Å².